The van der Waals surface area contributed by atoms with Crippen LogP contribution in [-0.4, -0.2) is 34.9 Å². The minimum Gasteiger partial charge on any atom is -0.497 e. The molecule has 0 radical (unpaired) electrons. The van der Waals surface area contributed by atoms with Gasteiger partial charge >= 0.3 is 5.97 Å². The van der Waals surface area contributed by atoms with E-state index in [-0.39, 0.29) is 12.5 Å². The quantitative estimate of drug-likeness (QED) is 0.433. The molecule has 9 heteroatoms. The number of carbonyl (C=O) groups is 1. The van der Waals surface area contributed by atoms with E-state index in [4.69, 9.17) is 26.2 Å². The Morgan fingerprint density at radius 3 is 2.63 bits per heavy atom. The molecule has 0 bridgehead atoms. The third-order valence-electron chi connectivity index (χ3n) is 4.20. The number of nitrogens with one attached hydrogen (secondary N) is 2. The van der Waals surface area contributed by atoms with Crippen LogP contribution in [0.15, 0.2) is 47.0 Å². The summed E-state index contributed by atoms with van der Waals surface area (Å²) in [5.74, 6) is 1.29. The highest BCUT2D eigenvalue weighted by molar-refractivity contribution is 7.80. The molecule has 0 amide bonds. The van der Waals surface area contributed by atoms with Gasteiger partial charge in [-0.2, -0.15) is 4.98 Å². The summed E-state index contributed by atoms with van der Waals surface area (Å²) in [5.41, 5.74) is 2.97. The molecule has 3 rings (SSSR count). The number of hydrogen-bond donors (Lipinski definition) is 2. The number of thiocarbonyl (C=S) groups is 1. The van der Waals surface area contributed by atoms with Crippen LogP contribution in [0.4, 0.5) is 5.69 Å². The van der Waals surface area contributed by atoms with Crippen LogP contribution < -0.4 is 15.4 Å². The first-order chi connectivity index (χ1) is 14.5. The molecule has 8 nitrogen and oxygen atoms in total. The zero-order valence-electron chi connectivity index (χ0n) is 16.9. The maximum absolute atomic E-state index is 11.8. The predicted molar refractivity (Wildman–Crippen MR) is 116 cm³/mol. The summed E-state index contributed by atoms with van der Waals surface area (Å²) >= 11 is 5.33. The van der Waals surface area contributed by atoms with Crippen molar-refractivity contribution in [1.82, 2.24) is 15.5 Å². The van der Waals surface area contributed by atoms with E-state index in [9.17, 15) is 4.79 Å². The molecular weight excluding hydrogens is 404 g/mol. The van der Waals surface area contributed by atoms with Crippen molar-refractivity contribution in [1.29, 1.82) is 0 Å². The Hall–Kier alpha value is -3.46. The Morgan fingerprint density at radius 2 is 1.97 bits per heavy atom. The molecule has 0 aliphatic heterocycles. The van der Waals surface area contributed by atoms with Gasteiger partial charge in [0.1, 0.15) is 5.75 Å². The van der Waals surface area contributed by atoms with Crippen molar-refractivity contribution in [2.45, 2.75) is 20.4 Å². The summed E-state index contributed by atoms with van der Waals surface area (Å²) in [6.07, 6.45) is 0. The number of nitrogens with zero attached hydrogens (tertiary/aromatic N) is 2. The molecule has 0 saturated heterocycles. The fraction of sp³-hybridized carbons (Fsp3) is 0.238. The van der Waals surface area contributed by atoms with E-state index in [1.165, 1.54) is 0 Å². The number of esters is 1. The lowest BCUT2D eigenvalue weighted by molar-refractivity contribution is 0.0526. The SMILES string of the molecule is CCOC(=O)c1ccc(NC(=S)NCc2nc(-c3ccc(OC)cc3)no2)c(C)c1. The first-order valence-corrected chi connectivity index (χ1v) is 9.70. The normalized spacial score (nSPS) is 10.4. The Morgan fingerprint density at radius 1 is 1.20 bits per heavy atom. The largest absolute Gasteiger partial charge is 0.497 e. The van der Waals surface area contributed by atoms with Crippen LogP contribution in [0.5, 0.6) is 5.75 Å². The van der Waals surface area contributed by atoms with Crippen molar-refractivity contribution in [2.75, 3.05) is 19.0 Å². The lowest BCUT2D eigenvalue weighted by Crippen LogP contribution is -2.28. The number of aryl methyl sites for hydroxylation is 1. The second kappa shape index (κ2) is 9.84. The van der Waals surface area contributed by atoms with Gasteiger partial charge < -0.3 is 24.6 Å². The number of anilines is 1. The van der Waals surface area contributed by atoms with Crippen LogP contribution in [0, 0.1) is 6.92 Å². The van der Waals surface area contributed by atoms with Crippen LogP contribution >= 0.6 is 12.2 Å². The maximum Gasteiger partial charge on any atom is 0.338 e. The molecule has 0 saturated carbocycles. The summed E-state index contributed by atoms with van der Waals surface area (Å²) in [6.45, 7) is 4.26. The number of ether oxygens (including phenoxy) is 2. The van der Waals surface area contributed by atoms with E-state index in [1.54, 1.807) is 32.2 Å². The van der Waals surface area contributed by atoms with Crippen LogP contribution in [0.1, 0.15) is 28.7 Å². The Bertz CT molecular complexity index is 1030. The molecule has 156 valence electrons. The van der Waals surface area contributed by atoms with Gasteiger partial charge in [-0.15, -0.1) is 0 Å². The van der Waals surface area contributed by atoms with Gasteiger partial charge in [0.2, 0.25) is 11.7 Å². The Balaban J connectivity index is 1.56. The van der Waals surface area contributed by atoms with Gasteiger partial charge in [-0.05, 0) is 74.1 Å². The standard InChI is InChI=1S/C21H22N4O4S/c1-4-28-20(26)15-7-10-17(13(2)11-15)23-21(30)22-12-18-24-19(25-29-18)14-5-8-16(27-3)9-6-14/h5-11H,4,12H2,1-3H3,(H2,22,23,30). The van der Waals surface area contributed by atoms with Gasteiger partial charge in [-0.25, -0.2) is 4.79 Å². The highest BCUT2D eigenvalue weighted by atomic mass is 32.1. The minimum atomic E-state index is -0.350. The molecule has 0 atom stereocenters. The molecule has 0 fully saturated rings. The number of carbonyl (C=O) groups excluding carboxylic acids is 1. The van der Waals surface area contributed by atoms with Gasteiger partial charge in [-0.3, -0.25) is 0 Å². The number of hydrogen-bond acceptors (Lipinski definition) is 7. The summed E-state index contributed by atoms with van der Waals surface area (Å²) in [4.78, 5) is 16.2. The molecule has 2 N–H and O–H groups in total. The zero-order valence-corrected chi connectivity index (χ0v) is 17.7. The lowest BCUT2D eigenvalue weighted by atomic mass is 10.1. The van der Waals surface area contributed by atoms with E-state index in [0.29, 0.717) is 29.0 Å². The molecule has 0 unspecified atom stereocenters. The molecule has 30 heavy (non-hydrogen) atoms. The highest BCUT2D eigenvalue weighted by Gasteiger charge is 2.11. The predicted octanol–water partition coefficient (Wildman–Crippen LogP) is 3.72. The average molecular weight is 426 g/mol. The number of methoxy groups -OCH3 is 1. The second-order valence-corrected chi connectivity index (χ2v) is 6.71. The number of aromatic nitrogens is 2. The zero-order chi connectivity index (χ0) is 21.5. The molecule has 1 aromatic heterocycles. The van der Waals surface area contributed by atoms with Crippen molar-refractivity contribution in [2.24, 2.45) is 0 Å². The van der Waals surface area contributed by atoms with E-state index in [1.807, 2.05) is 31.2 Å². The van der Waals surface area contributed by atoms with Gasteiger partial charge in [0.05, 0.1) is 25.8 Å². The van der Waals surface area contributed by atoms with Gasteiger partial charge in [0.25, 0.3) is 0 Å². The highest BCUT2D eigenvalue weighted by Crippen LogP contribution is 2.20. The monoisotopic (exact) mass is 426 g/mol. The molecule has 0 aliphatic rings. The number of rotatable bonds is 7. The lowest BCUT2D eigenvalue weighted by Gasteiger charge is -2.12. The van der Waals surface area contributed by atoms with E-state index in [2.05, 4.69) is 20.8 Å². The van der Waals surface area contributed by atoms with Crippen LogP contribution in [0.3, 0.4) is 0 Å². The van der Waals surface area contributed by atoms with Gasteiger partial charge in [0, 0.05) is 11.3 Å². The average Bonchev–Trinajstić information content (AvgIpc) is 3.23. The summed E-state index contributed by atoms with van der Waals surface area (Å²) in [6, 6.07) is 12.6. The second-order valence-electron chi connectivity index (χ2n) is 6.30. The summed E-state index contributed by atoms with van der Waals surface area (Å²) in [5, 5.41) is 10.5. The Kier molecular flexibility index (Phi) is 6.97. The third kappa shape index (κ3) is 5.32. The fourth-order valence-corrected chi connectivity index (χ4v) is 2.83. The smallest absolute Gasteiger partial charge is 0.338 e. The molecule has 1 heterocycles. The van der Waals surface area contributed by atoms with Gasteiger partial charge in [-0.1, -0.05) is 5.16 Å². The van der Waals surface area contributed by atoms with E-state index in [0.717, 1.165) is 22.6 Å². The molecule has 2 aromatic carbocycles. The first kappa shape index (κ1) is 21.3. The number of benzene rings is 2. The van der Waals surface area contributed by atoms with Crippen molar-refractivity contribution >= 4 is 29.0 Å². The summed E-state index contributed by atoms with van der Waals surface area (Å²) in [7, 11) is 1.61. The maximum atomic E-state index is 11.8. The van der Waals surface area contributed by atoms with Crippen LogP contribution in [-0.2, 0) is 11.3 Å². The van der Waals surface area contributed by atoms with Crippen molar-refractivity contribution in [3.8, 4) is 17.1 Å². The first-order valence-electron chi connectivity index (χ1n) is 9.29. The third-order valence-corrected chi connectivity index (χ3v) is 4.45. The van der Waals surface area contributed by atoms with Gasteiger partial charge in [0.15, 0.2) is 5.11 Å². The Labute approximate surface area is 179 Å². The van der Waals surface area contributed by atoms with Crippen LogP contribution in [0.25, 0.3) is 11.4 Å². The summed E-state index contributed by atoms with van der Waals surface area (Å²) < 4.78 is 15.4. The van der Waals surface area contributed by atoms with Crippen molar-refractivity contribution in [3.63, 3.8) is 0 Å². The minimum absolute atomic E-state index is 0.273. The fourth-order valence-electron chi connectivity index (χ4n) is 2.65. The molecule has 0 aliphatic carbocycles. The van der Waals surface area contributed by atoms with E-state index < -0.39 is 0 Å². The molecule has 0 spiro atoms. The molecule has 3 aromatic rings. The van der Waals surface area contributed by atoms with Crippen molar-refractivity contribution in [3.05, 3.63) is 59.5 Å². The molecular formula is C21H22N4O4S. The van der Waals surface area contributed by atoms with E-state index >= 15 is 0 Å². The topological polar surface area (TPSA) is 98.5 Å². The van der Waals surface area contributed by atoms with Crippen molar-refractivity contribution < 1.29 is 18.8 Å². The van der Waals surface area contributed by atoms with Crippen LogP contribution in [0.2, 0.25) is 0 Å².